The maximum Gasteiger partial charge on any atom is 0.241 e. The van der Waals surface area contributed by atoms with Crippen LogP contribution in [-0.4, -0.2) is 46.9 Å². The molecule has 23 heavy (non-hydrogen) atoms. The third-order valence-corrected chi connectivity index (χ3v) is 4.44. The first kappa shape index (κ1) is 17.4. The molecule has 0 aliphatic carbocycles. The van der Waals surface area contributed by atoms with Gasteiger partial charge in [-0.3, -0.25) is 9.59 Å². The number of carbonyl (C=O) groups excluding carboxylic acids is 2. The van der Waals surface area contributed by atoms with Crippen molar-refractivity contribution < 1.29 is 9.59 Å². The molecule has 0 fully saturated rings. The topological polar surface area (TPSA) is 54.3 Å². The molecule has 0 aliphatic heterocycles. The first-order chi connectivity index (χ1) is 11.0. The molecule has 0 spiro atoms. The summed E-state index contributed by atoms with van der Waals surface area (Å²) in [6, 6.07) is 7.72. The van der Waals surface area contributed by atoms with Gasteiger partial charge in [-0.15, -0.1) is 0 Å². The normalized spacial score (nSPS) is 10.7. The van der Waals surface area contributed by atoms with Crippen LogP contribution in [0.15, 0.2) is 30.5 Å². The molecule has 1 N–H and O–H groups in total. The Hall–Kier alpha value is -1.95. The standard InChI is InChI=1S/C17H23N3O2S/c1-4-23-10-8-16(21)18-14-5-6-15-13(11-14)7-9-20(15)12-17(22)19(2)3/h5-7,9,11H,4,8,10,12H2,1-3H3,(H,18,21). The van der Waals surface area contributed by atoms with Gasteiger partial charge in [0.1, 0.15) is 6.54 Å². The van der Waals surface area contributed by atoms with Gasteiger partial charge in [0.25, 0.3) is 0 Å². The summed E-state index contributed by atoms with van der Waals surface area (Å²) in [6.45, 7) is 2.40. The van der Waals surface area contributed by atoms with E-state index in [0.29, 0.717) is 13.0 Å². The minimum atomic E-state index is 0.0347. The highest BCUT2D eigenvalue weighted by molar-refractivity contribution is 7.99. The highest BCUT2D eigenvalue weighted by atomic mass is 32.2. The Morgan fingerprint density at radius 2 is 2.04 bits per heavy atom. The van der Waals surface area contributed by atoms with E-state index in [1.54, 1.807) is 30.8 Å². The molecule has 0 unspecified atom stereocenters. The van der Waals surface area contributed by atoms with Crippen LogP contribution in [0.25, 0.3) is 10.9 Å². The number of thioether (sulfide) groups is 1. The molecular weight excluding hydrogens is 310 g/mol. The third kappa shape index (κ3) is 4.76. The number of anilines is 1. The van der Waals surface area contributed by atoms with E-state index >= 15 is 0 Å². The molecule has 1 aromatic carbocycles. The van der Waals surface area contributed by atoms with Crippen LogP contribution in [0, 0.1) is 0 Å². The number of aromatic nitrogens is 1. The monoisotopic (exact) mass is 333 g/mol. The summed E-state index contributed by atoms with van der Waals surface area (Å²) >= 11 is 1.76. The van der Waals surface area contributed by atoms with Crippen molar-refractivity contribution in [2.24, 2.45) is 0 Å². The molecule has 6 heteroatoms. The van der Waals surface area contributed by atoms with Crippen LogP contribution >= 0.6 is 11.8 Å². The number of hydrogen-bond donors (Lipinski definition) is 1. The Kier molecular flexibility index (Phi) is 6.10. The fourth-order valence-electron chi connectivity index (χ4n) is 2.24. The average molecular weight is 333 g/mol. The zero-order valence-corrected chi connectivity index (χ0v) is 14.7. The van der Waals surface area contributed by atoms with Crippen LogP contribution in [0.5, 0.6) is 0 Å². The quantitative estimate of drug-likeness (QED) is 0.793. The average Bonchev–Trinajstić information content (AvgIpc) is 2.89. The van der Waals surface area contributed by atoms with E-state index in [1.165, 1.54) is 0 Å². The van der Waals surface area contributed by atoms with E-state index in [9.17, 15) is 9.59 Å². The van der Waals surface area contributed by atoms with E-state index < -0.39 is 0 Å². The predicted octanol–water partition coefficient (Wildman–Crippen LogP) is 2.81. The lowest BCUT2D eigenvalue weighted by Crippen LogP contribution is -2.25. The van der Waals surface area contributed by atoms with Crippen molar-refractivity contribution in [1.29, 1.82) is 0 Å². The van der Waals surface area contributed by atoms with Gasteiger partial charge in [-0.1, -0.05) is 6.92 Å². The first-order valence-electron chi connectivity index (χ1n) is 7.68. The summed E-state index contributed by atoms with van der Waals surface area (Å²) in [5, 5.41) is 3.94. The number of rotatable bonds is 7. The first-order valence-corrected chi connectivity index (χ1v) is 8.83. The molecular formula is C17H23N3O2S. The lowest BCUT2D eigenvalue weighted by atomic mass is 10.2. The van der Waals surface area contributed by atoms with Crippen molar-refractivity contribution in [3.63, 3.8) is 0 Å². The van der Waals surface area contributed by atoms with Gasteiger partial charge in [-0.25, -0.2) is 0 Å². The SMILES string of the molecule is CCSCCC(=O)Nc1ccc2c(ccn2CC(=O)N(C)C)c1. The van der Waals surface area contributed by atoms with Crippen molar-refractivity contribution in [1.82, 2.24) is 9.47 Å². The third-order valence-electron chi connectivity index (χ3n) is 3.54. The van der Waals surface area contributed by atoms with Crippen LogP contribution in [0.1, 0.15) is 13.3 Å². The Labute approximate surface area is 141 Å². The molecule has 0 bridgehead atoms. The van der Waals surface area contributed by atoms with Gasteiger partial charge < -0.3 is 14.8 Å². The van der Waals surface area contributed by atoms with E-state index in [0.717, 1.165) is 28.1 Å². The molecule has 0 atom stereocenters. The number of amides is 2. The smallest absolute Gasteiger partial charge is 0.241 e. The predicted molar refractivity (Wildman–Crippen MR) is 96.9 cm³/mol. The van der Waals surface area contributed by atoms with Gasteiger partial charge in [-0.05, 0) is 30.0 Å². The lowest BCUT2D eigenvalue weighted by Gasteiger charge is -2.12. The van der Waals surface area contributed by atoms with Crippen molar-refractivity contribution in [2.45, 2.75) is 19.9 Å². The molecule has 1 aromatic heterocycles. The molecule has 5 nitrogen and oxygen atoms in total. The number of hydrogen-bond acceptors (Lipinski definition) is 3. The van der Waals surface area contributed by atoms with Gasteiger partial charge in [0.05, 0.1) is 0 Å². The van der Waals surface area contributed by atoms with Crippen LogP contribution in [0.4, 0.5) is 5.69 Å². The molecule has 0 aliphatic rings. The zero-order chi connectivity index (χ0) is 16.8. The maximum atomic E-state index is 11.9. The zero-order valence-electron chi connectivity index (χ0n) is 13.8. The van der Waals surface area contributed by atoms with E-state index in [2.05, 4.69) is 12.2 Å². The molecule has 2 aromatic rings. The van der Waals surface area contributed by atoms with Crippen molar-refractivity contribution >= 4 is 40.2 Å². The number of likely N-dealkylation sites (N-methyl/N-ethyl adjacent to an activating group) is 1. The summed E-state index contributed by atoms with van der Waals surface area (Å²) in [6.07, 6.45) is 2.42. The maximum absolute atomic E-state index is 11.9. The van der Waals surface area contributed by atoms with Crippen LogP contribution < -0.4 is 5.32 Å². The Balaban J connectivity index is 2.06. The minimum Gasteiger partial charge on any atom is -0.347 e. The summed E-state index contributed by atoms with van der Waals surface area (Å²) in [4.78, 5) is 25.3. The van der Waals surface area contributed by atoms with Gasteiger partial charge in [0.15, 0.2) is 0 Å². The highest BCUT2D eigenvalue weighted by Crippen LogP contribution is 2.21. The van der Waals surface area contributed by atoms with Crippen LogP contribution in [0.3, 0.4) is 0 Å². The van der Waals surface area contributed by atoms with E-state index in [1.807, 2.05) is 35.0 Å². The highest BCUT2D eigenvalue weighted by Gasteiger charge is 2.09. The Morgan fingerprint density at radius 3 is 2.74 bits per heavy atom. The fourth-order valence-corrected chi connectivity index (χ4v) is 2.85. The van der Waals surface area contributed by atoms with Gasteiger partial charge in [0.2, 0.25) is 11.8 Å². The van der Waals surface area contributed by atoms with Crippen LogP contribution in [-0.2, 0) is 16.1 Å². The summed E-state index contributed by atoms with van der Waals surface area (Å²) in [5.74, 6) is 1.95. The minimum absolute atomic E-state index is 0.0347. The van der Waals surface area contributed by atoms with Gasteiger partial charge in [-0.2, -0.15) is 11.8 Å². The Bertz CT molecular complexity index is 694. The second-order valence-corrected chi connectivity index (χ2v) is 6.89. The van der Waals surface area contributed by atoms with Crippen molar-refractivity contribution in [3.05, 3.63) is 30.5 Å². The summed E-state index contributed by atoms with van der Waals surface area (Å²) < 4.78 is 1.92. The largest absolute Gasteiger partial charge is 0.347 e. The van der Waals surface area contributed by atoms with Gasteiger partial charge >= 0.3 is 0 Å². The Morgan fingerprint density at radius 1 is 1.26 bits per heavy atom. The van der Waals surface area contributed by atoms with Crippen molar-refractivity contribution in [3.8, 4) is 0 Å². The molecule has 0 saturated heterocycles. The molecule has 2 amide bonds. The second-order valence-electron chi connectivity index (χ2n) is 5.50. The molecule has 0 radical (unpaired) electrons. The van der Waals surface area contributed by atoms with Crippen LogP contribution in [0.2, 0.25) is 0 Å². The van der Waals surface area contributed by atoms with Crippen molar-refractivity contribution in [2.75, 3.05) is 30.9 Å². The number of nitrogens with one attached hydrogen (secondary N) is 1. The summed E-state index contributed by atoms with van der Waals surface area (Å²) in [7, 11) is 3.50. The fraction of sp³-hybridized carbons (Fsp3) is 0.412. The molecule has 124 valence electrons. The van der Waals surface area contributed by atoms with E-state index in [-0.39, 0.29) is 11.8 Å². The summed E-state index contributed by atoms with van der Waals surface area (Å²) in [5.41, 5.74) is 1.78. The van der Waals surface area contributed by atoms with Gasteiger partial charge in [0, 0.05) is 49.1 Å². The molecule has 2 rings (SSSR count). The number of carbonyl (C=O) groups is 2. The number of nitrogens with zero attached hydrogens (tertiary/aromatic N) is 2. The molecule has 0 saturated carbocycles. The number of fused-ring (bicyclic) bond motifs is 1. The number of benzene rings is 1. The second kappa shape index (κ2) is 8.06. The molecule has 1 heterocycles. The van der Waals surface area contributed by atoms with E-state index in [4.69, 9.17) is 0 Å². The lowest BCUT2D eigenvalue weighted by molar-refractivity contribution is -0.129.